The molecule has 0 fully saturated rings. The quantitative estimate of drug-likeness (QED) is 0.893. The Hall–Kier alpha value is -2.30. The average molecular weight is 245 g/mol. The summed E-state index contributed by atoms with van der Waals surface area (Å²) in [5.41, 5.74) is 7.56. The van der Waals surface area contributed by atoms with E-state index in [1.165, 1.54) is 7.11 Å². The van der Waals surface area contributed by atoms with E-state index in [1.807, 2.05) is 37.3 Å². The van der Waals surface area contributed by atoms with Gasteiger partial charge in [0.25, 0.3) is 0 Å². The number of nitrogens with two attached hydrogens (primary N) is 1. The number of nitrogen functional groups attached to an aromatic ring is 1. The van der Waals surface area contributed by atoms with E-state index in [2.05, 4.69) is 9.97 Å². The van der Waals surface area contributed by atoms with Crippen molar-refractivity contribution in [3.8, 4) is 23.0 Å². The molecule has 18 heavy (non-hydrogen) atoms. The minimum atomic E-state index is 0.204. The zero-order valence-corrected chi connectivity index (χ0v) is 10.4. The van der Waals surface area contributed by atoms with E-state index >= 15 is 0 Å². The van der Waals surface area contributed by atoms with E-state index in [1.54, 1.807) is 0 Å². The Balaban J connectivity index is 2.58. The molecule has 0 spiro atoms. The normalized spacial score (nSPS) is 10.1. The maximum absolute atomic E-state index is 5.95. The van der Waals surface area contributed by atoms with Crippen LogP contribution < -0.4 is 15.2 Å². The molecule has 0 aliphatic carbocycles. The largest absolute Gasteiger partial charge is 0.477 e. The average Bonchev–Trinajstić information content (AvgIpc) is 2.39. The van der Waals surface area contributed by atoms with Gasteiger partial charge in [-0.1, -0.05) is 30.3 Å². The van der Waals surface area contributed by atoms with Gasteiger partial charge in [0, 0.05) is 0 Å². The summed E-state index contributed by atoms with van der Waals surface area (Å²) in [4.78, 5) is 8.26. The topological polar surface area (TPSA) is 70.3 Å². The third-order valence-corrected chi connectivity index (χ3v) is 2.41. The Kier molecular flexibility index (Phi) is 3.62. The number of ether oxygens (including phenoxy) is 2. The van der Waals surface area contributed by atoms with E-state index in [0.29, 0.717) is 23.9 Å². The van der Waals surface area contributed by atoms with Crippen molar-refractivity contribution in [1.29, 1.82) is 0 Å². The molecule has 0 aliphatic heterocycles. The van der Waals surface area contributed by atoms with Crippen LogP contribution in [0.5, 0.6) is 11.9 Å². The summed E-state index contributed by atoms with van der Waals surface area (Å²) in [6.07, 6.45) is 0. The second-order valence-electron chi connectivity index (χ2n) is 3.57. The molecule has 1 aromatic heterocycles. The van der Waals surface area contributed by atoms with Crippen LogP contribution in [0.1, 0.15) is 6.92 Å². The zero-order valence-electron chi connectivity index (χ0n) is 10.4. The van der Waals surface area contributed by atoms with Crippen LogP contribution in [0.25, 0.3) is 11.1 Å². The fraction of sp³-hybridized carbons (Fsp3) is 0.231. The van der Waals surface area contributed by atoms with Crippen LogP contribution in [0.4, 0.5) is 5.82 Å². The predicted molar refractivity (Wildman–Crippen MR) is 69.6 cm³/mol. The van der Waals surface area contributed by atoms with Gasteiger partial charge in [-0.05, 0) is 12.5 Å². The molecule has 5 heteroatoms. The summed E-state index contributed by atoms with van der Waals surface area (Å²) in [7, 11) is 1.49. The molecule has 5 nitrogen and oxygen atoms in total. The molecule has 94 valence electrons. The first-order chi connectivity index (χ1) is 8.76. The van der Waals surface area contributed by atoms with Crippen molar-refractivity contribution in [3.05, 3.63) is 30.3 Å². The lowest BCUT2D eigenvalue weighted by Crippen LogP contribution is -2.05. The number of rotatable bonds is 4. The Morgan fingerprint density at radius 1 is 1.17 bits per heavy atom. The van der Waals surface area contributed by atoms with Gasteiger partial charge in [0.05, 0.1) is 19.3 Å². The molecule has 0 amide bonds. The number of anilines is 1. The molecule has 0 atom stereocenters. The van der Waals surface area contributed by atoms with Crippen molar-refractivity contribution in [2.75, 3.05) is 19.5 Å². The van der Waals surface area contributed by atoms with Crippen molar-refractivity contribution < 1.29 is 9.47 Å². The lowest BCUT2D eigenvalue weighted by Gasteiger charge is -2.12. The van der Waals surface area contributed by atoms with Crippen LogP contribution >= 0.6 is 0 Å². The van der Waals surface area contributed by atoms with E-state index < -0.39 is 0 Å². The van der Waals surface area contributed by atoms with Crippen molar-refractivity contribution in [2.24, 2.45) is 0 Å². The molecule has 1 heterocycles. The van der Waals surface area contributed by atoms with Gasteiger partial charge in [-0.3, -0.25) is 0 Å². The molecule has 0 unspecified atom stereocenters. The zero-order chi connectivity index (χ0) is 13.0. The number of aromatic nitrogens is 2. The first-order valence-electron chi connectivity index (χ1n) is 5.66. The van der Waals surface area contributed by atoms with Gasteiger partial charge in [-0.2, -0.15) is 9.97 Å². The van der Waals surface area contributed by atoms with E-state index in [0.717, 1.165) is 5.56 Å². The van der Waals surface area contributed by atoms with Crippen LogP contribution in [0.15, 0.2) is 30.3 Å². The Morgan fingerprint density at radius 2 is 1.89 bits per heavy atom. The molecule has 0 radical (unpaired) electrons. The third-order valence-electron chi connectivity index (χ3n) is 2.41. The summed E-state index contributed by atoms with van der Waals surface area (Å²) >= 11 is 0. The lowest BCUT2D eigenvalue weighted by molar-refractivity contribution is 0.313. The summed E-state index contributed by atoms with van der Waals surface area (Å²) in [6, 6.07) is 9.86. The highest BCUT2D eigenvalue weighted by atomic mass is 16.5. The number of methoxy groups -OCH3 is 1. The minimum Gasteiger partial charge on any atom is -0.477 e. The molecule has 0 saturated heterocycles. The van der Waals surface area contributed by atoms with Gasteiger partial charge in [-0.15, -0.1) is 0 Å². The van der Waals surface area contributed by atoms with Crippen LogP contribution in [0.2, 0.25) is 0 Å². The summed E-state index contributed by atoms with van der Waals surface area (Å²) in [6.45, 7) is 2.39. The minimum absolute atomic E-state index is 0.204. The number of nitrogens with zero attached hydrogens (tertiary/aromatic N) is 2. The van der Waals surface area contributed by atoms with Crippen LogP contribution in [0.3, 0.4) is 0 Å². The van der Waals surface area contributed by atoms with Gasteiger partial charge >= 0.3 is 6.01 Å². The second-order valence-corrected chi connectivity index (χ2v) is 3.57. The Bertz CT molecular complexity index is 529. The third kappa shape index (κ3) is 2.34. The number of hydrogen-bond donors (Lipinski definition) is 1. The Labute approximate surface area is 106 Å². The van der Waals surface area contributed by atoms with Crippen LogP contribution in [-0.2, 0) is 0 Å². The number of hydrogen-bond acceptors (Lipinski definition) is 5. The maximum atomic E-state index is 5.95. The monoisotopic (exact) mass is 245 g/mol. The van der Waals surface area contributed by atoms with Crippen molar-refractivity contribution >= 4 is 5.82 Å². The van der Waals surface area contributed by atoms with E-state index in [-0.39, 0.29) is 6.01 Å². The highest BCUT2D eigenvalue weighted by Crippen LogP contribution is 2.34. The van der Waals surface area contributed by atoms with Crippen molar-refractivity contribution in [2.45, 2.75) is 6.92 Å². The molecule has 1 aromatic carbocycles. The highest BCUT2D eigenvalue weighted by molar-refractivity contribution is 5.78. The summed E-state index contributed by atoms with van der Waals surface area (Å²) < 4.78 is 10.5. The van der Waals surface area contributed by atoms with Gasteiger partial charge in [0.1, 0.15) is 5.82 Å². The fourth-order valence-electron chi connectivity index (χ4n) is 1.64. The van der Waals surface area contributed by atoms with Crippen molar-refractivity contribution in [3.63, 3.8) is 0 Å². The van der Waals surface area contributed by atoms with Gasteiger partial charge in [0.15, 0.2) is 0 Å². The van der Waals surface area contributed by atoms with Crippen molar-refractivity contribution in [1.82, 2.24) is 9.97 Å². The summed E-state index contributed by atoms with van der Waals surface area (Å²) in [5.74, 6) is 0.782. The molecule has 0 aliphatic rings. The molecule has 2 rings (SSSR count). The second kappa shape index (κ2) is 5.35. The first-order valence-corrected chi connectivity index (χ1v) is 5.66. The molecule has 2 N–H and O–H groups in total. The molecule has 0 bridgehead atoms. The Morgan fingerprint density at radius 3 is 2.50 bits per heavy atom. The summed E-state index contributed by atoms with van der Waals surface area (Å²) in [5, 5.41) is 0. The van der Waals surface area contributed by atoms with Gasteiger partial charge in [0.2, 0.25) is 5.88 Å². The molecular weight excluding hydrogens is 230 g/mol. The standard InChI is InChI=1S/C13H15N3O2/c1-3-18-12-10(9-7-5-4-6-8-9)11(14)15-13(16-12)17-2/h4-8H,3H2,1-2H3,(H2,14,15,16). The highest BCUT2D eigenvalue weighted by Gasteiger charge is 2.15. The molecular formula is C13H15N3O2. The van der Waals surface area contributed by atoms with Crippen LogP contribution in [-0.4, -0.2) is 23.7 Å². The molecule has 2 aromatic rings. The predicted octanol–water partition coefficient (Wildman–Crippen LogP) is 2.13. The van der Waals surface area contributed by atoms with E-state index in [4.69, 9.17) is 15.2 Å². The first kappa shape index (κ1) is 12.2. The maximum Gasteiger partial charge on any atom is 0.321 e. The lowest BCUT2D eigenvalue weighted by atomic mass is 10.1. The van der Waals surface area contributed by atoms with E-state index in [9.17, 15) is 0 Å². The smallest absolute Gasteiger partial charge is 0.321 e. The molecule has 0 saturated carbocycles. The number of benzene rings is 1. The van der Waals surface area contributed by atoms with Crippen LogP contribution in [0, 0.1) is 0 Å². The van der Waals surface area contributed by atoms with Gasteiger partial charge < -0.3 is 15.2 Å². The van der Waals surface area contributed by atoms with Gasteiger partial charge in [-0.25, -0.2) is 0 Å². The SMILES string of the molecule is CCOc1nc(OC)nc(N)c1-c1ccccc1. The fourth-order valence-corrected chi connectivity index (χ4v) is 1.64.